The van der Waals surface area contributed by atoms with Crippen molar-refractivity contribution in [1.29, 1.82) is 0 Å². The van der Waals surface area contributed by atoms with Crippen molar-refractivity contribution < 1.29 is 9.57 Å². The maximum Gasteiger partial charge on any atom is 0.123 e. The van der Waals surface area contributed by atoms with E-state index >= 15 is 0 Å². The predicted octanol–water partition coefficient (Wildman–Crippen LogP) is 2.30. The first-order chi connectivity index (χ1) is 6.77. The Hall–Kier alpha value is -0.800. The van der Waals surface area contributed by atoms with Crippen LogP contribution in [0, 0.1) is 0 Å². The third-order valence-electron chi connectivity index (χ3n) is 2.39. The van der Waals surface area contributed by atoms with Gasteiger partial charge in [0, 0.05) is 6.42 Å². The number of ether oxygens (including phenoxy) is 1. The molecule has 0 aromatic heterocycles. The fraction of sp³-hybridized carbons (Fsp3) is 0.636. The molecular formula is C11H19NO2. The second kappa shape index (κ2) is 5.83. The van der Waals surface area contributed by atoms with Crippen LogP contribution in [0.1, 0.15) is 33.1 Å². The Bertz CT molecular complexity index is 233. The molecule has 0 amide bonds. The molecule has 0 saturated heterocycles. The van der Waals surface area contributed by atoms with Gasteiger partial charge in [-0.3, -0.25) is 0 Å². The minimum Gasteiger partial charge on any atom is -0.492 e. The molecule has 0 spiro atoms. The van der Waals surface area contributed by atoms with E-state index in [0.717, 1.165) is 25.0 Å². The van der Waals surface area contributed by atoms with Gasteiger partial charge in [0.2, 0.25) is 0 Å². The maximum absolute atomic E-state index is 5.82. The molecule has 0 aromatic rings. The molecule has 80 valence electrons. The average Bonchev–Trinajstić information content (AvgIpc) is 2.20. The number of nitrogens with two attached hydrogens (primary N) is 1. The van der Waals surface area contributed by atoms with Gasteiger partial charge >= 0.3 is 0 Å². The molecule has 0 saturated carbocycles. The molecular weight excluding hydrogens is 178 g/mol. The largest absolute Gasteiger partial charge is 0.492 e. The summed E-state index contributed by atoms with van der Waals surface area (Å²) in [7, 11) is 0. The Labute approximate surface area is 85.5 Å². The zero-order valence-electron chi connectivity index (χ0n) is 8.95. The van der Waals surface area contributed by atoms with Crippen LogP contribution in [-0.2, 0) is 9.57 Å². The number of allylic oxidation sites excluding steroid dienone is 4. The summed E-state index contributed by atoms with van der Waals surface area (Å²) in [6.07, 6.45) is 7.32. The molecule has 14 heavy (non-hydrogen) atoms. The van der Waals surface area contributed by atoms with Crippen LogP contribution in [0.15, 0.2) is 23.5 Å². The third-order valence-corrected chi connectivity index (χ3v) is 2.39. The van der Waals surface area contributed by atoms with Crippen LogP contribution in [0.5, 0.6) is 0 Å². The maximum atomic E-state index is 5.82. The van der Waals surface area contributed by atoms with Crippen molar-refractivity contribution in [3.05, 3.63) is 23.5 Å². The van der Waals surface area contributed by atoms with Crippen LogP contribution >= 0.6 is 0 Å². The van der Waals surface area contributed by atoms with Crippen molar-refractivity contribution in [2.24, 2.45) is 5.90 Å². The number of rotatable bonds is 5. The Kier molecular flexibility index (Phi) is 4.70. The zero-order valence-corrected chi connectivity index (χ0v) is 8.95. The highest BCUT2D eigenvalue weighted by Gasteiger charge is 2.12. The number of hydrogen-bond acceptors (Lipinski definition) is 3. The minimum absolute atomic E-state index is 0.0800. The first-order valence-electron chi connectivity index (χ1n) is 5.12. The Morgan fingerprint density at radius 2 is 2.36 bits per heavy atom. The molecule has 1 aliphatic rings. The van der Waals surface area contributed by atoms with Crippen molar-refractivity contribution in [3.8, 4) is 0 Å². The highest BCUT2D eigenvalue weighted by atomic mass is 16.6. The Morgan fingerprint density at radius 3 is 2.93 bits per heavy atom. The Morgan fingerprint density at radius 1 is 1.57 bits per heavy atom. The van der Waals surface area contributed by atoms with E-state index in [1.165, 1.54) is 5.57 Å². The van der Waals surface area contributed by atoms with Crippen molar-refractivity contribution >= 4 is 0 Å². The Balaban J connectivity index is 2.52. The van der Waals surface area contributed by atoms with Crippen LogP contribution in [0.2, 0.25) is 0 Å². The molecule has 0 bridgehead atoms. The molecule has 2 N–H and O–H groups in total. The monoisotopic (exact) mass is 197 g/mol. The summed E-state index contributed by atoms with van der Waals surface area (Å²) in [4.78, 5) is 4.61. The molecule has 1 rings (SSSR count). The van der Waals surface area contributed by atoms with Gasteiger partial charge in [-0.1, -0.05) is 19.1 Å². The summed E-state index contributed by atoms with van der Waals surface area (Å²) in [6, 6.07) is 0. The lowest BCUT2D eigenvalue weighted by Crippen LogP contribution is -2.21. The highest BCUT2D eigenvalue weighted by molar-refractivity contribution is 5.24. The highest BCUT2D eigenvalue weighted by Crippen LogP contribution is 2.21. The fourth-order valence-corrected chi connectivity index (χ4v) is 1.46. The lowest BCUT2D eigenvalue weighted by Gasteiger charge is -2.21. The standard InChI is InChI=1S/C11H19NO2/c1-3-10(8-13-12)14-11-7-5-4-6-9(11)2/h4,6,10H,3,5,7-8,12H2,1-2H3. The summed E-state index contributed by atoms with van der Waals surface area (Å²) in [6.45, 7) is 4.59. The van der Waals surface area contributed by atoms with Crippen LogP contribution < -0.4 is 5.90 Å². The SMILES string of the molecule is CCC(CON)OC1=C(C)C=CCC1. The second-order valence-corrected chi connectivity index (χ2v) is 3.53. The van der Waals surface area contributed by atoms with Gasteiger partial charge in [0.1, 0.15) is 12.7 Å². The third kappa shape index (κ3) is 3.16. The van der Waals surface area contributed by atoms with E-state index in [2.05, 4.69) is 30.8 Å². The molecule has 1 aliphatic carbocycles. The molecule has 3 nitrogen and oxygen atoms in total. The molecule has 0 fully saturated rings. The van der Waals surface area contributed by atoms with Gasteiger partial charge in [0.05, 0.1) is 5.76 Å². The first kappa shape index (κ1) is 11.3. The molecule has 0 aromatic carbocycles. The summed E-state index contributed by atoms with van der Waals surface area (Å²) in [5, 5.41) is 0. The van der Waals surface area contributed by atoms with Crippen molar-refractivity contribution in [2.75, 3.05) is 6.61 Å². The smallest absolute Gasteiger partial charge is 0.123 e. The lowest BCUT2D eigenvalue weighted by atomic mass is 10.1. The molecule has 3 heteroatoms. The topological polar surface area (TPSA) is 44.5 Å². The lowest BCUT2D eigenvalue weighted by molar-refractivity contribution is 0.00972. The summed E-state index contributed by atoms with van der Waals surface area (Å²) >= 11 is 0. The first-order valence-corrected chi connectivity index (χ1v) is 5.12. The summed E-state index contributed by atoms with van der Waals surface area (Å²) < 4.78 is 5.82. The van der Waals surface area contributed by atoms with Crippen LogP contribution in [0.25, 0.3) is 0 Å². The van der Waals surface area contributed by atoms with Crippen molar-refractivity contribution in [1.82, 2.24) is 0 Å². The summed E-state index contributed by atoms with van der Waals surface area (Å²) in [5.74, 6) is 6.11. The molecule has 1 atom stereocenters. The van der Waals surface area contributed by atoms with E-state index in [4.69, 9.17) is 10.6 Å². The predicted molar refractivity (Wildman–Crippen MR) is 56.4 cm³/mol. The van der Waals surface area contributed by atoms with E-state index in [1.54, 1.807) is 0 Å². The van der Waals surface area contributed by atoms with Gasteiger partial charge in [-0.15, -0.1) is 0 Å². The average molecular weight is 197 g/mol. The van der Waals surface area contributed by atoms with Crippen LogP contribution in [0.4, 0.5) is 0 Å². The second-order valence-electron chi connectivity index (χ2n) is 3.53. The number of hydrogen-bond donors (Lipinski definition) is 1. The van der Waals surface area contributed by atoms with Crippen LogP contribution in [-0.4, -0.2) is 12.7 Å². The van der Waals surface area contributed by atoms with Gasteiger partial charge in [-0.25, -0.2) is 5.90 Å². The quantitative estimate of drug-likeness (QED) is 0.688. The van der Waals surface area contributed by atoms with Crippen molar-refractivity contribution in [2.45, 2.75) is 39.2 Å². The zero-order chi connectivity index (χ0) is 10.4. The minimum atomic E-state index is 0.0800. The van der Waals surface area contributed by atoms with Gasteiger partial charge < -0.3 is 9.57 Å². The van der Waals surface area contributed by atoms with E-state index in [0.29, 0.717) is 6.61 Å². The van der Waals surface area contributed by atoms with Gasteiger partial charge in [0.15, 0.2) is 0 Å². The van der Waals surface area contributed by atoms with Gasteiger partial charge in [0.25, 0.3) is 0 Å². The molecule has 1 unspecified atom stereocenters. The fourth-order valence-electron chi connectivity index (χ4n) is 1.46. The van der Waals surface area contributed by atoms with E-state index < -0.39 is 0 Å². The van der Waals surface area contributed by atoms with E-state index in [1.807, 2.05) is 0 Å². The normalized spacial score (nSPS) is 18.5. The molecule has 0 aliphatic heterocycles. The summed E-state index contributed by atoms with van der Waals surface area (Å²) in [5.41, 5.74) is 1.21. The van der Waals surface area contributed by atoms with Crippen LogP contribution in [0.3, 0.4) is 0 Å². The van der Waals surface area contributed by atoms with Crippen molar-refractivity contribution in [3.63, 3.8) is 0 Å². The van der Waals surface area contributed by atoms with E-state index in [-0.39, 0.29) is 6.10 Å². The van der Waals surface area contributed by atoms with E-state index in [9.17, 15) is 0 Å². The molecule has 0 radical (unpaired) electrons. The molecule has 0 heterocycles. The van der Waals surface area contributed by atoms with Gasteiger partial charge in [-0.05, 0) is 25.3 Å². The van der Waals surface area contributed by atoms with Gasteiger partial charge in [-0.2, -0.15) is 0 Å².